The van der Waals surface area contributed by atoms with Gasteiger partial charge in [-0.1, -0.05) is 6.92 Å². The van der Waals surface area contributed by atoms with Gasteiger partial charge in [-0.3, -0.25) is 9.59 Å². The Morgan fingerprint density at radius 3 is 2.35 bits per heavy atom. The van der Waals surface area contributed by atoms with Crippen molar-refractivity contribution in [2.45, 2.75) is 57.9 Å². The molecule has 0 aromatic rings. The second-order valence-electron chi connectivity index (χ2n) is 7.14. The third-order valence-corrected chi connectivity index (χ3v) is 5.74. The molecule has 0 spiro atoms. The van der Waals surface area contributed by atoms with Crippen LogP contribution in [0.2, 0.25) is 0 Å². The standard InChI is InChI=1S/C16H25NO3/c1-10-2-5-12(6-3-10)15(18)17-9-11-4-7-14(17)13(8-11)16(19)20/h10-14H,2-9H2,1H3,(H,19,20). The summed E-state index contributed by atoms with van der Waals surface area (Å²) in [7, 11) is 0. The van der Waals surface area contributed by atoms with Gasteiger partial charge in [-0.2, -0.15) is 0 Å². The molecule has 3 unspecified atom stereocenters. The van der Waals surface area contributed by atoms with E-state index in [2.05, 4.69) is 6.92 Å². The molecular weight excluding hydrogens is 254 g/mol. The number of nitrogens with zero attached hydrogens (tertiary/aromatic N) is 1. The number of hydrogen-bond acceptors (Lipinski definition) is 2. The molecule has 4 fully saturated rings. The predicted octanol–water partition coefficient (Wildman–Crippen LogP) is 2.52. The minimum atomic E-state index is -0.713. The predicted molar refractivity (Wildman–Crippen MR) is 75.1 cm³/mol. The molecule has 20 heavy (non-hydrogen) atoms. The molecule has 4 rings (SSSR count). The summed E-state index contributed by atoms with van der Waals surface area (Å²) in [5, 5.41) is 9.37. The van der Waals surface area contributed by atoms with Crippen molar-refractivity contribution < 1.29 is 14.7 Å². The first-order chi connectivity index (χ1) is 9.56. The van der Waals surface area contributed by atoms with Gasteiger partial charge in [0, 0.05) is 18.5 Å². The van der Waals surface area contributed by atoms with Crippen LogP contribution in [0, 0.1) is 23.7 Å². The maximum absolute atomic E-state index is 12.8. The third-order valence-electron chi connectivity index (χ3n) is 5.74. The minimum absolute atomic E-state index is 0.0376. The van der Waals surface area contributed by atoms with Crippen molar-refractivity contribution in [1.82, 2.24) is 4.90 Å². The molecule has 2 bridgehead atoms. The van der Waals surface area contributed by atoms with E-state index >= 15 is 0 Å². The zero-order valence-electron chi connectivity index (χ0n) is 12.3. The Bertz CT molecular complexity index is 401. The topological polar surface area (TPSA) is 57.6 Å². The lowest BCUT2D eigenvalue weighted by Gasteiger charge is -2.49. The molecule has 4 heteroatoms. The molecule has 3 atom stereocenters. The summed E-state index contributed by atoms with van der Waals surface area (Å²) in [6.45, 7) is 3.06. The van der Waals surface area contributed by atoms with Gasteiger partial charge in [0.05, 0.1) is 5.92 Å². The van der Waals surface area contributed by atoms with E-state index in [9.17, 15) is 14.7 Å². The Kier molecular flexibility index (Phi) is 3.74. The number of rotatable bonds is 2. The number of carbonyl (C=O) groups excluding carboxylic acids is 1. The van der Waals surface area contributed by atoms with Crippen LogP contribution < -0.4 is 0 Å². The molecule has 112 valence electrons. The highest BCUT2D eigenvalue weighted by atomic mass is 16.4. The number of fused-ring (bicyclic) bond motifs is 3. The Balaban J connectivity index is 1.70. The molecule has 0 aromatic heterocycles. The van der Waals surface area contributed by atoms with Crippen molar-refractivity contribution in [3.63, 3.8) is 0 Å². The highest BCUT2D eigenvalue weighted by Gasteiger charge is 2.47. The molecule has 2 saturated carbocycles. The van der Waals surface area contributed by atoms with E-state index < -0.39 is 5.97 Å². The fraction of sp³-hybridized carbons (Fsp3) is 0.875. The van der Waals surface area contributed by atoms with Crippen molar-refractivity contribution in [3.05, 3.63) is 0 Å². The normalized spacial score (nSPS) is 40.6. The Hall–Kier alpha value is -1.06. The maximum atomic E-state index is 12.8. The van der Waals surface area contributed by atoms with Crippen LogP contribution >= 0.6 is 0 Å². The summed E-state index contributed by atoms with van der Waals surface area (Å²) in [6, 6.07) is -0.0376. The number of hydrogen-bond donors (Lipinski definition) is 1. The SMILES string of the molecule is CC1CCC(C(=O)N2CC3CCC2C(C(=O)O)C3)CC1. The number of piperidine rings is 2. The van der Waals surface area contributed by atoms with Crippen LogP contribution in [0.5, 0.6) is 0 Å². The van der Waals surface area contributed by atoms with E-state index in [-0.39, 0.29) is 23.8 Å². The zero-order valence-corrected chi connectivity index (χ0v) is 12.3. The second-order valence-corrected chi connectivity index (χ2v) is 7.14. The van der Waals surface area contributed by atoms with Crippen molar-refractivity contribution in [3.8, 4) is 0 Å². The summed E-state index contributed by atoms with van der Waals surface area (Å²) < 4.78 is 0. The quantitative estimate of drug-likeness (QED) is 0.845. The third kappa shape index (κ3) is 2.45. The molecule has 4 nitrogen and oxygen atoms in total. The fourth-order valence-corrected chi connectivity index (χ4v) is 4.45. The summed E-state index contributed by atoms with van der Waals surface area (Å²) in [6.07, 6.45) is 7.01. The fourth-order valence-electron chi connectivity index (χ4n) is 4.45. The highest BCUT2D eigenvalue weighted by Crippen LogP contribution is 2.41. The average Bonchev–Trinajstić information content (AvgIpc) is 2.47. The van der Waals surface area contributed by atoms with Gasteiger partial charge in [0.2, 0.25) is 5.91 Å². The zero-order chi connectivity index (χ0) is 14.3. The van der Waals surface area contributed by atoms with Crippen LogP contribution in [-0.4, -0.2) is 34.5 Å². The van der Waals surface area contributed by atoms with Crippen LogP contribution in [0.4, 0.5) is 0 Å². The number of carboxylic acid groups (broad SMARTS) is 1. The first kappa shape index (κ1) is 13.9. The van der Waals surface area contributed by atoms with Crippen LogP contribution in [-0.2, 0) is 9.59 Å². The van der Waals surface area contributed by atoms with Crippen LogP contribution in [0.1, 0.15) is 51.9 Å². The van der Waals surface area contributed by atoms with Crippen molar-refractivity contribution >= 4 is 11.9 Å². The molecule has 2 aliphatic heterocycles. The molecule has 4 aliphatic rings. The van der Waals surface area contributed by atoms with Crippen LogP contribution in [0.15, 0.2) is 0 Å². The lowest BCUT2D eigenvalue weighted by Crippen LogP contribution is -2.58. The smallest absolute Gasteiger partial charge is 0.308 e. The van der Waals surface area contributed by atoms with Gasteiger partial charge < -0.3 is 10.0 Å². The van der Waals surface area contributed by atoms with Gasteiger partial charge in [-0.25, -0.2) is 0 Å². The lowest BCUT2D eigenvalue weighted by molar-refractivity contribution is -0.158. The maximum Gasteiger partial charge on any atom is 0.308 e. The molecule has 0 aromatic carbocycles. The molecule has 2 heterocycles. The molecule has 2 aliphatic carbocycles. The van der Waals surface area contributed by atoms with E-state index in [4.69, 9.17) is 0 Å². The average molecular weight is 279 g/mol. The molecule has 2 saturated heterocycles. The number of amides is 1. The monoisotopic (exact) mass is 279 g/mol. The Labute approximate surface area is 120 Å². The van der Waals surface area contributed by atoms with Gasteiger partial charge in [0.25, 0.3) is 0 Å². The number of carbonyl (C=O) groups is 2. The number of aliphatic carboxylic acids is 1. The van der Waals surface area contributed by atoms with Crippen molar-refractivity contribution in [1.29, 1.82) is 0 Å². The van der Waals surface area contributed by atoms with Gasteiger partial charge in [0.15, 0.2) is 0 Å². The summed E-state index contributed by atoms with van der Waals surface area (Å²) in [4.78, 5) is 26.1. The van der Waals surface area contributed by atoms with E-state index in [1.165, 1.54) is 0 Å². The largest absolute Gasteiger partial charge is 0.481 e. The van der Waals surface area contributed by atoms with Crippen molar-refractivity contribution in [2.24, 2.45) is 23.7 Å². The summed E-state index contributed by atoms with van der Waals surface area (Å²) in [5.74, 6) is 0.511. The van der Waals surface area contributed by atoms with E-state index in [1.807, 2.05) is 4.90 Å². The summed E-state index contributed by atoms with van der Waals surface area (Å²) >= 11 is 0. The van der Waals surface area contributed by atoms with Gasteiger partial charge in [0.1, 0.15) is 0 Å². The van der Waals surface area contributed by atoms with E-state index in [0.717, 1.165) is 57.4 Å². The molecular formula is C16H25NO3. The summed E-state index contributed by atoms with van der Waals surface area (Å²) in [5.41, 5.74) is 0. The highest BCUT2D eigenvalue weighted by molar-refractivity contribution is 5.81. The molecule has 1 amide bonds. The Morgan fingerprint density at radius 1 is 1.05 bits per heavy atom. The van der Waals surface area contributed by atoms with Crippen LogP contribution in [0.25, 0.3) is 0 Å². The van der Waals surface area contributed by atoms with Crippen molar-refractivity contribution in [2.75, 3.05) is 6.54 Å². The first-order valence-electron chi connectivity index (χ1n) is 8.09. The number of carboxylic acids is 1. The second kappa shape index (κ2) is 5.38. The van der Waals surface area contributed by atoms with E-state index in [0.29, 0.717) is 5.92 Å². The first-order valence-corrected chi connectivity index (χ1v) is 8.09. The van der Waals surface area contributed by atoms with E-state index in [1.54, 1.807) is 0 Å². The molecule has 0 radical (unpaired) electrons. The van der Waals surface area contributed by atoms with Gasteiger partial charge in [-0.15, -0.1) is 0 Å². The molecule has 1 N–H and O–H groups in total. The Morgan fingerprint density at radius 2 is 1.75 bits per heavy atom. The lowest BCUT2D eigenvalue weighted by atomic mass is 9.71. The van der Waals surface area contributed by atoms with Crippen LogP contribution in [0.3, 0.4) is 0 Å². The van der Waals surface area contributed by atoms with Gasteiger partial charge >= 0.3 is 5.97 Å². The minimum Gasteiger partial charge on any atom is -0.481 e. The van der Waals surface area contributed by atoms with Gasteiger partial charge in [-0.05, 0) is 56.8 Å².